The zero-order valence-corrected chi connectivity index (χ0v) is 12.6. The summed E-state index contributed by atoms with van der Waals surface area (Å²) < 4.78 is 1.16. The lowest BCUT2D eigenvalue weighted by Crippen LogP contribution is -2.36. The normalized spacial score (nSPS) is 12.6. The summed E-state index contributed by atoms with van der Waals surface area (Å²) in [6.07, 6.45) is 0.704. The van der Waals surface area contributed by atoms with Gasteiger partial charge in [-0.3, -0.25) is 4.79 Å². The predicted molar refractivity (Wildman–Crippen MR) is 80.0 cm³/mol. The average Bonchev–Trinajstić information content (AvgIpc) is 2.21. The van der Waals surface area contributed by atoms with Crippen LogP contribution in [0.25, 0.3) is 0 Å². The third kappa shape index (κ3) is 4.63. The molecule has 0 aliphatic heterocycles. The summed E-state index contributed by atoms with van der Waals surface area (Å²) in [6, 6.07) is 5.48. The maximum atomic E-state index is 11.8. The Balaban J connectivity index is 2.67. The number of nitrogens with two attached hydrogens (primary N) is 1. The smallest absolute Gasteiger partial charge is 0.241 e. The SMILES string of the molecule is Cc1cc(I)ccc1NC(=O)[C@H](N)CC(C)C. The number of carbonyl (C=O) groups is 1. The number of hydrogen-bond donors (Lipinski definition) is 2. The minimum atomic E-state index is -0.436. The van der Waals surface area contributed by atoms with Gasteiger partial charge >= 0.3 is 0 Å². The van der Waals surface area contributed by atoms with Gasteiger partial charge in [0.15, 0.2) is 0 Å². The molecule has 1 rings (SSSR count). The summed E-state index contributed by atoms with van der Waals surface area (Å²) in [6.45, 7) is 6.10. The predicted octanol–water partition coefficient (Wildman–Crippen LogP) is 2.91. The number of halogens is 1. The first-order valence-corrected chi connectivity index (χ1v) is 6.80. The maximum Gasteiger partial charge on any atom is 0.241 e. The first kappa shape index (κ1) is 14.4. The lowest BCUT2D eigenvalue weighted by Gasteiger charge is -2.15. The number of aryl methyl sites for hydroxylation is 1. The minimum absolute atomic E-state index is 0.108. The van der Waals surface area contributed by atoms with Crippen molar-refractivity contribution < 1.29 is 4.79 Å². The molecule has 1 atom stereocenters. The second-order valence-corrected chi connectivity index (χ2v) is 5.93. The molecule has 1 amide bonds. The molecule has 94 valence electrons. The van der Waals surface area contributed by atoms with E-state index in [1.807, 2.05) is 25.1 Å². The summed E-state index contributed by atoms with van der Waals surface area (Å²) in [5.41, 5.74) is 7.73. The monoisotopic (exact) mass is 346 g/mol. The fourth-order valence-electron chi connectivity index (χ4n) is 1.61. The van der Waals surface area contributed by atoms with E-state index >= 15 is 0 Å². The van der Waals surface area contributed by atoms with Crippen molar-refractivity contribution in [3.63, 3.8) is 0 Å². The summed E-state index contributed by atoms with van der Waals surface area (Å²) in [5.74, 6) is 0.316. The number of amides is 1. The maximum absolute atomic E-state index is 11.8. The van der Waals surface area contributed by atoms with Crippen LogP contribution < -0.4 is 11.1 Å². The topological polar surface area (TPSA) is 55.1 Å². The fourth-order valence-corrected chi connectivity index (χ4v) is 2.25. The van der Waals surface area contributed by atoms with E-state index in [2.05, 4.69) is 41.8 Å². The molecule has 0 saturated carbocycles. The highest BCUT2D eigenvalue weighted by Crippen LogP contribution is 2.18. The van der Waals surface area contributed by atoms with Crippen LogP contribution in [0.15, 0.2) is 18.2 Å². The van der Waals surface area contributed by atoms with Crippen LogP contribution in [-0.4, -0.2) is 11.9 Å². The molecule has 0 aliphatic carbocycles. The van der Waals surface area contributed by atoms with Crippen molar-refractivity contribution in [3.8, 4) is 0 Å². The van der Waals surface area contributed by atoms with Crippen molar-refractivity contribution in [1.29, 1.82) is 0 Å². The third-order valence-electron chi connectivity index (χ3n) is 2.51. The highest BCUT2D eigenvalue weighted by Gasteiger charge is 2.15. The second kappa shape index (κ2) is 6.35. The van der Waals surface area contributed by atoms with Crippen LogP contribution in [0, 0.1) is 16.4 Å². The van der Waals surface area contributed by atoms with E-state index in [0.717, 1.165) is 14.8 Å². The molecule has 0 saturated heterocycles. The largest absolute Gasteiger partial charge is 0.324 e. The molecule has 4 heteroatoms. The van der Waals surface area contributed by atoms with Crippen molar-refractivity contribution in [3.05, 3.63) is 27.3 Å². The van der Waals surface area contributed by atoms with Crippen molar-refractivity contribution in [1.82, 2.24) is 0 Å². The van der Waals surface area contributed by atoms with Crippen LogP contribution in [-0.2, 0) is 4.79 Å². The second-order valence-electron chi connectivity index (χ2n) is 4.68. The van der Waals surface area contributed by atoms with E-state index in [1.54, 1.807) is 0 Å². The summed E-state index contributed by atoms with van der Waals surface area (Å²) in [7, 11) is 0. The number of rotatable bonds is 4. The molecule has 0 radical (unpaired) electrons. The van der Waals surface area contributed by atoms with Gasteiger partial charge in [0.05, 0.1) is 6.04 Å². The van der Waals surface area contributed by atoms with Crippen LogP contribution in [0.3, 0.4) is 0 Å². The molecule has 0 aromatic heterocycles. The average molecular weight is 346 g/mol. The molecule has 0 bridgehead atoms. The van der Waals surface area contributed by atoms with Gasteiger partial charge in [-0.15, -0.1) is 0 Å². The number of anilines is 1. The van der Waals surface area contributed by atoms with Gasteiger partial charge in [-0.05, 0) is 65.6 Å². The van der Waals surface area contributed by atoms with E-state index in [1.165, 1.54) is 0 Å². The van der Waals surface area contributed by atoms with Crippen molar-refractivity contribution in [2.75, 3.05) is 5.32 Å². The molecule has 1 aromatic carbocycles. The summed E-state index contributed by atoms with van der Waals surface area (Å²) >= 11 is 2.25. The Morgan fingerprint density at radius 3 is 2.65 bits per heavy atom. The minimum Gasteiger partial charge on any atom is -0.324 e. The standard InChI is InChI=1S/C13H19IN2O/c1-8(2)6-11(15)13(17)16-12-5-4-10(14)7-9(12)3/h4-5,7-8,11H,6,15H2,1-3H3,(H,16,17)/t11-/m1/s1. The first-order chi connectivity index (χ1) is 7.90. The Hall–Kier alpha value is -0.620. The van der Waals surface area contributed by atoms with E-state index in [-0.39, 0.29) is 5.91 Å². The first-order valence-electron chi connectivity index (χ1n) is 5.72. The Morgan fingerprint density at radius 1 is 1.47 bits per heavy atom. The number of nitrogens with one attached hydrogen (secondary N) is 1. The van der Waals surface area contributed by atoms with Gasteiger partial charge in [-0.25, -0.2) is 0 Å². The quantitative estimate of drug-likeness (QED) is 0.824. The van der Waals surface area contributed by atoms with Gasteiger partial charge in [-0.1, -0.05) is 13.8 Å². The molecule has 3 N–H and O–H groups in total. The fraction of sp³-hybridized carbons (Fsp3) is 0.462. The molecule has 0 aliphatic rings. The number of hydrogen-bond acceptors (Lipinski definition) is 2. The van der Waals surface area contributed by atoms with Gasteiger partial charge in [0.2, 0.25) is 5.91 Å². The highest BCUT2D eigenvalue weighted by atomic mass is 127. The van der Waals surface area contributed by atoms with Crippen LogP contribution in [0.5, 0.6) is 0 Å². The van der Waals surface area contributed by atoms with Crippen LogP contribution in [0.2, 0.25) is 0 Å². The van der Waals surface area contributed by atoms with Gasteiger partial charge in [0.1, 0.15) is 0 Å². The third-order valence-corrected chi connectivity index (χ3v) is 3.18. The summed E-state index contributed by atoms with van der Waals surface area (Å²) in [4.78, 5) is 11.8. The lowest BCUT2D eigenvalue weighted by atomic mass is 10.0. The van der Waals surface area contributed by atoms with Crippen molar-refractivity contribution >= 4 is 34.2 Å². The molecule has 0 heterocycles. The zero-order valence-electron chi connectivity index (χ0n) is 10.5. The molecule has 0 spiro atoms. The molecule has 0 unspecified atom stereocenters. The number of benzene rings is 1. The van der Waals surface area contributed by atoms with E-state index in [4.69, 9.17) is 5.73 Å². The molecule has 1 aromatic rings. The molecule has 17 heavy (non-hydrogen) atoms. The molecule has 3 nitrogen and oxygen atoms in total. The highest BCUT2D eigenvalue weighted by molar-refractivity contribution is 14.1. The Bertz CT molecular complexity index is 404. The van der Waals surface area contributed by atoms with Crippen LogP contribution >= 0.6 is 22.6 Å². The summed E-state index contributed by atoms with van der Waals surface area (Å²) in [5, 5.41) is 2.88. The van der Waals surface area contributed by atoms with Crippen LogP contribution in [0.4, 0.5) is 5.69 Å². The molecular formula is C13H19IN2O. The Labute approximate surface area is 116 Å². The Morgan fingerprint density at radius 2 is 2.12 bits per heavy atom. The molecular weight excluding hydrogens is 327 g/mol. The number of carbonyl (C=O) groups excluding carboxylic acids is 1. The van der Waals surface area contributed by atoms with Gasteiger partial charge in [0, 0.05) is 9.26 Å². The van der Waals surface area contributed by atoms with E-state index < -0.39 is 6.04 Å². The lowest BCUT2D eigenvalue weighted by molar-refractivity contribution is -0.117. The van der Waals surface area contributed by atoms with E-state index in [9.17, 15) is 4.79 Å². The van der Waals surface area contributed by atoms with Gasteiger partial charge < -0.3 is 11.1 Å². The van der Waals surface area contributed by atoms with Gasteiger partial charge in [-0.2, -0.15) is 0 Å². The van der Waals surface area contributed by atoms with Crippen LogP contribution in [0.1, 0.15) is 25.8 Å². The Kier molecular flexibility index (Phi) is 5.39. The van der Waals surface area contributed by atoms with Gasteiger partial charge in [0.25, 0.3) is 0 Å². The van der Waals surface area contributed by atoms with Crippen molar-refractivity contribution in [2.24, 2.45) is 11.7 Å². The molecule has 0 fully saturated rings. The zero-order chi connectivity index (χ0) is 13.0. The van der Waals surface area contributed by atoms with Crippen molar-refractivity contribution in [2.45, 2.75) is 33.2 Å². The van der Waals surface area contributed by atoms with E-state index in [0.29, 0.717) is 12.3 Å².